The van der Waals surface area contributed by atoms with E-state index in [4.69, 9.17) is 14.8 Å². The van der Waals surface area contributed by atoms with Gasteiger partial charge in [-0.05, 0) is 6.07 Å². The van der Waals surface area contributed by atoms with Gasteiger partial charge < -0.3 is 19.5 Å². The van der Waals surface area contributed by atoms with E-state index >= 15 is 0 Å². The second-order valence-electron chi connectivity index (χ2n) is 2.58. The van der Waals surface area contributed by atoms with E-state index in [1.54, 1.807) is 0 Å². The summed E-state index contributed by atoms with van der Waals surface area (Å²) >= 11 is 0. The van der Waals surface area contributed by atoms with Gasteiger partial charge in [-0.2, -0.15) is 0 Å². The van der Waals surface area contributed by atoms with Crippen molar-refractivity contribution < 1.29 is 23.9 Å². The molecule has 0 spiro atoms. The number of halogens is 1. The van der Waals surface area contributed by atoms with Crippen molar-refractivity contribution in [1.82, 2.24) is 0 Å². The van der Waals surface area contributed by atoms with Crippen LogP contribution in [0.1, 0.15) is 0 Å². The summed E-state index contributed by atoms with van der Waals surface area (Å²) in [5.74, 6) is -0.864. The number of ether oxygens (including phenoxy) is 2. The summed E-state index contributed by atoms with van der Waals surface area (Å²) in [6.45, 7) is -0.0953. The highest BCUT2D eigenvalue weighted by molar-refractivity contribution is 6.58. The maximum absolute atomic E-state index is 13.3. The molecule has 0 radical (unpaired) electrons. The molecule has 1 rings (SSSR count). The molecular formula is C8H10BFO4. The first-order valence-corrected chi connectivity index (χ1v) is 3.93. The molecular weight excluding hydrogens is 190 g/mol. The highest BCUT2D eigenvalue weighted by atomic mass is 19.1. The Balaban J connectivity index is 2.89. The van der Waals surface area contributed by atoms with E-state index in [0.29, 0.717) is 0 Å². The largest absolute Gasteiger partial charge is 0.491 e. The highest BCUT2D eigenvalue weighted by Gasteiger charge is 2.19. The van der Waals surface area contributed by atoms with Crippen LogP contribution in [0.4, 0.5) is 4.39 Å². The summed E-state index contributed by atoms with van der Waals surface area (Å²) in [6.07, 6.45) is 0. The fourth-order valence-electron chi connectivity index (χ4n) is 0.961. The fourth-order valence-corrected chi connectivity index (χ4v) is 0.961. The lowest BCUT2D eigenvalue weighted by atomic mass is 9.80. The van der Waals surface area contributed by atoms with Crippen LogP contribution in [0.2, 0.25) is 0 Å². The third kappa shape index (κ3) is 2.44. The molecule has 76 valence electrons. The predicted molar refractivity (Wildman–Crippen MR) is 48.7 cm³/mol. The van der Waals surface area contributed by atoms with Crippen LogP contribution in [-0.4, -0.2) is 31.1 Å². The van der Waals surface area contributed by atoms with Gasteiger partial charge in [-0.15, -0.1) is 0 Å². The average Bonchev–Trinajstić information content (AvgIpc) is 2.16. The second-order valence-corrected chi connectivity index (χ2v) is 2.58. The molecule has 0 saturated carbocycles. The number of hydrogen-bond acceptors (Lipinski definition) is 4. The van der Waals surface area contributed by atoms with Gasteiger partial charge >= 0.3 is 7.12 Å². The van der Waals surface area contributed by atoms with Crippen molar-refractivity contribution in [2.24, 2.45) is 0 Å². The van der Waals surface area contributed by atoms with Crippen molar-refractivity contribution in [2.75, 3.05) is 13.9 Å². The van der Waals surface area contributed by atoms with Gasteiger partial charge in [0.1, 0.15) is 0 Å². The van der Waals surface area contributed by atoms with Gasteiger partial charge in [0.05, 0.1) is 0 Å². The zero-order chi connectivity index (χ0) is 10.6. The van der Waals surface area contributed by atoms with E-state index in [1.165, 1.54) is 25.3 Å². The average molecular weight is 200 g/mol. The van der Waals surface area contributed by atoms with Crippen LogP contribution in [0, 0.1) is 5.82 Å². The lowest BCUT2D eigenvalue weighted by Crippen LogP contribution is -2.32. The summed E-state index contributed by atoms with van der Waals surface area (Å²) in [5.41, 5.74) is -0.224. The van der Waals surface area contributed by atoms with Gasteiger partial charge in [0, 0.05) is 12.6 Å². The molecule has 2 N–H and O–H groups in total. The Morgan fingerprint density at radius 3 is 2.71 bits per heavy atom. The number of rotatable bonds is 4. The molecule has 0 heterocycles. The summed E-state index contributed by atoms with van der Waals surface area (Å²) < 4.78 is 22.8. The van der Waals surface area contributed by atoms with Crippen molar-refractivity contribution in [3.8, 4) is 5.75 Å². The van der Waals surface area contributed by atoms with Crippen LogP contribution in [0.3, 0.4) is 0 Å². The molecule has 0 aliphatic heterocycles. The van der Waals surface area contributed by atoms with Crippen molar-refractivity contribution in [1.29, 1.82) is 0 Å². The molecule has 0 amide bonds. The zero-order valence-corrected chi connectivity index (χ0v) is 7.61. The summed E-state index contributed by atoms with van der Waals surface area (Å²) in [7, 11) is -0.441. The monoisotopic (exact) mass is 200 g/mol. The summed E-state index contributed by atoms with van der Waals surface area (Å²) in [5, 5.41) is 17.6. The molecule has 0 aliphatic rings. The third-order valence-corrected chi connectivity index (χ3v) is 1.60. The van der Waals surface area contributed by atoms with Gasteiger partial charge in [0.15, 0.2) is 18.4 Å². The molecule has 0 bridgehead atoms. The smallest absolute Gasteiger partial charge is 0.465 e. The van der Waals surface area contributed by atoms with E-state index in [-0.39, 0.29) is 18.0 Å². The lowest BCUT2D eigenvalue weighted by Gasteiger charge is -2.08. The van der Waals surface area contributed by atoms with Gasteiger partial charge in [-0.1, -0.05) is 12.1 Å². The standard InChI is InChI=1S/C8H10BFO4/c1-13-5-14-7-4-2-3-6(8(7)10)9(11)12/h2-4,11-12H,5H2,1H3. The molecule has 0 atom stereocenters. The molecule has 1 aromatic rings. The van der Waals surface area contributed by atoms with Crippen LogP contribution in [0.25, 0.3) is 0 Å². The van der Waals surface area contributed by atoms with Gasteiger partial charge in [-0.3, -0.25) is 0 Å². The minimum atomic E-state index is -1.85. The van der Waals surface area contributed by atoms with E-state index < -0.39 is 12.9 Å². The van der Waals surface area contributed by atoms with E-state index in [9.17, 15) is 4.39 Å². The Hall–Kier alpha value is -1.11. The molecule has 0 saturated heterocycles. The third-order valence-electron chi connectivity index (χ3n) is 1.60. The summed E-state index contributed by atoms with van der Waals surface area (Å²) in [4.78, 5) is 0. The molecule has 6 heteroatoms. The summed E-state index contributed by atoms with van der Waals surface area (Å²) in [6, 6.07) is 4.10. The van der Waals surface area contributed by atoms with Gasteiger partial charge in [0.25, 0.3) is 0 Å². The van der Waals surface area contributed by atoms with Crippen LogP contribution in [-0.2, 0) is 4.74 Å². The second kappa shape index (κ2) is 4.95. The predicted octanol–water partition coefficient (Wildman–Crippen LogP) is -0.512. The molecule has 0 aliphatic carbocycles. The molecule has 4 nitrogen and oxygen atoms in total. The Labute approximate surface area is 81.0 Å². The number of methoxy groups -OCH3 is 1. The minimum Gasteiger partial charge on any atom is -0.465 e. The first-order valence-electron chi connectivity index (χ1n) is 3.93. The fraction of sp³-hybridized carbons (Fsp3) is 0.250. The highest BCUT2D eigenvalue weighted by Crippen LogP contribution is 2.14. The van der Waals surface area contributed by atoms with Gasteiger partial charge in [0.2, 0.25) is 0 Å². The number of benzene rings is 1. The first kappa shape index (κ1) is 11.0. The van der Waals surface area contributed by atoms with Crippen LogP contribution in [0.15, 0.2) is 18.2 Å². The van der Waals surface area contributed by atoms with Crippen LogP contribution >= 0.6 is 0 Å². The Morgan fingerprint density at radius 1 is 1.43 bits per heavy atom. The normalized spacial score (nSPS) is 10.0. The maximum atomic E-state index is 13.3. The molecule has 0 fully saturated rings. The minimum absolute atomic E-state index is 0.0718. The zero-order valence-electron chi connectivity index (χ0n) is 7.61. The molecule has 14 heavy (non-hydrogen) atoms. The van der Waals surface area contributed by atoms with Crippen LogP contribution < -0.4 is 10.2 Å². The lowest BCUT2D eigenvalue weighted by molar-refractivity contribution is 0.0484. The topological polar surface area (TPSA) is 58.9 Å². The molecule has 0 unspecified atom stereocenters. The van der Waals surface area contributed by atoms with Crippen molar-refractivity contribution in [3.05, 3.63) is 24.0 Å². The van der Waals surface area contributed by atoms with Crippen molar-refractivity contribution in [2.45, 2.75) is 0 Å². The van der Waals surface area contributed by atoms with Gasteiger partial charge in [-0.25, -0.2) is 4.39 Å². The van der Waals surface area contributed by atoms with Crippen molar-refractivity contribution >= 4 is 12.6 Å². The Bertz CT molecular complexity index is 305. The Kier molecular flexibility index (Phi) is 3.88. The quantitative estimate of drug-likeness (QED) is 0.507. The Morgan fingerprint density at radius 2 is 2.14 bits per heavy atom. The molecule has 0 aromatic heterocycles. The first-order chi connectivity index (χ1) is 6.66. The maximum Gasteiger partial charge on any atom is 0.491 e. The van der Waals surface area contributed by atoms with E-state index in [0.717, 1.165) is 0 Å². The number of hydrogen-bond donors (Lipinski definition) is 2. The molecule has 1 aromatic carbocycles. The SMILES string of the molecule is COCOc1cccc(B(O)O)c1F. The van der Waals surface area contributed by atoms with Crippen molar-refractivity contribution in [3.63, 3.8) is 0 Å². The van der Waals surface area contributed by atoms with E-state index in [1.807, 2.05) is 0 Å². The van der Waals surface area contributed by atoms with Crippen LogP contribution in [0.5, 0.6) is 5.75 Å². The van der Waals surface area contributed by atoms with E-state index in [2.05, 4.69) is 4.74 Å².